The van der Waals surface area contributed by atoms with Crippen LogP contribution in [-0.2, 0) is 21.8 Å². The van der Waals surface area contributed by atoms with Crippen LogP contribution >= 0.6 is 0 Å². The summed E-state index contributed by atoms with van der Waals surface area (Å²) < 4.78 is 25.0. The molecule has 0 spiro atoms. The highest BCUT2D eigenvalue weighted by Gasteiger charge is 2.28. The summed E-state index contributed by atoms with van der Waals surface area (Å²) in [5.74, 6) is 1.53. The standard InChI is InChI=1S/C11H20N4O2S/c1-11(2,3)10-12-13-14-15(10)7-9-5-4-6-18(16,17)8-9/h9H,4-8H2,1-3H3. The van der Waals surface area contributed by atoms with Gasteiger partial charge in [-0.15, -0.1) is 5.10 Å². The maximum Gasteiger partial charge on any atom is 0.156 e. The van der Waals surface area contributed by atoms with Crippen LogP contribution in [0.4, 0.5) is 0 Å². The number of tetrazole rings is 1. The monoisotopic (exact) mass is 272 g/mol. The van der Waals surface area contributed by atoms with Gasteiger partial charge >= 0.3 is 0 Å². The summed E-state index contributed by atoms with van der Waals surface area (Å²) in [6.45, 7) is 6.74. The van der Waals surface area contributed by atoms with Crippen LogP contribution < -0.4 is 0 Å². The van der Waals surface area contributed by atoms with Crippen LogP contribution in [0, 0.1) is 5.92 Å². The fourth-order valence-electron chi connectivity index (χ4n) is 2.37. The molecule has 1 aromatic heterocycles. The zero-order valence-electron chi connectivity index (χ0n) is 11.1. The molecule has 7 heteroatoms. The van der Waals surface area contributed by atoms with E-state index in [2.05, 4.69) is 15.5 Å². The van der Waals surface area contributed by atoms with Crippen molar-refractivity contribution in [2.45, 2.75) is 45.6 Å². The third kappa shape index (κ3) is 3.07. The second-order valence-corrected chi connectivity index (χ2v) is 8.29. The number of aromatic nitrogens is 4. The molecule has 18 heavy (non-hydrogen) atoms. The Labute approximate surface area is 108 Å². The number of sulfone groups is 1. The molecule has 1 aliphatic heterocycles. The van der Waals surface area contributed by atoms with Crippen LogP contribution in [0.5, 0.6) is 0 Å². The van der Waals surface area contributed by atoms with Crippen LogP contribution in [0.25, 0.3) is 0 Å². The van der Waals surface area contributed by atoms with E-state index in [9.17, 15) is 8.42 Å². The second-order valence-electron chi connectivity index (χ2n) is 6.06. The van der Waals surface area contributed by atoms with Crippen molar-refractivity contribution in [3.8, 4) is 0 Å². The predicted octanol–water partition coefficient (Wildman–Crippen LogP) is 0.795. The molecule has 2 rings (SSSR count). The molecule has 102 valence electrons. The van der Waals surface area contributed by atoms with Gasteiger partial charge in [0.25, 0.3) is 0 Å². The van der Waals surface area contributed by atoms with E-state index in [0.717, 1.165) is 18.7 Å². The van der Waals surface area contributed by atoms with E-state index in [1.165, 1.54) is 0 Å². The van der Waals surface area contributed by atoms with Crippen molar-refractivity contribution in [1.29, 1.82) is 0 Å². The van der Waals surface area contributed by atoms with E-state index >= 15 is 0 Å². The zero-order chi connectivity index (χ0) is 13.4. The molecule has 0 amide bonds. The summed E-state index contributed by atoms with van der Waals surface area (Å²) in [5.41, 5.74) is -0.128. The molecule has 1 fully saturated rings. The Balaban J connectivity index is 2.13. The molecule has 0 aliphatic carbocycles. The lowest BCUT2D eigenvalue weighted by Crippen LogP contribution is -2.30. The maximum atomic E-state index is 11.6. The van der Waals surface area contributed by atoms with E-state index in [1.54, 1.807) is 4.68 Å². The molecule has 1 atom stereocenters. The van der Waals surface area contributed by atoms with E-state index in [-0.39, 0.29) is 17.1 Å². The summed E-state index contributed by atoms with van der Waals surface area (Å²) in [7, 11) is -2.87. The van der Waals surface area contributed by atoms with Crippen molar-refractivity contribution in [2.24, 2.45) is 5.92 Å². The van der Waals surface area contributed by atoms with E-state index in [1.807, 2.05) is 20.8 Å². The fourth-order valence-corrected chi connectivity index (χ4v) is 4.13. The average molecular weight is 272 g/mol. The molecule has 0 saturated carbocycles. The van der Waals surface area contributed by atoms with E-state index < -0.39 is 9.84 Å². The lowest BCUT2D eigenvalue weighted by atomic mass is 9.95. The quantitative estimate of drug-likeness (QED) is 0.795. The third-order valence-electron chi connectivity index (χ3n) is 3.19. The van der Waals surface area contributed by atoms with Crippen LogP contribution in [-0.4, -0.2) is 40.1 Å². The van der Waals surface area contributed by atoms with Crippen molar-refractivity contribution in [2.75, 3.05) is 11.5 Å². The third-order valence-corrected chi connectivity index (χ3v) is 5.08. The Bertz CT molecular complexity index is 515. The highest BCUT2D eigenvalue weighted by molar-refractivity contribution is 7.91. The van der Waals surface area contributed by atoms with Crippen LogP contribution in [0.1, 0.15) is 39.4 Å². The lowest BCUT2D eigenvalue weighted by Gasteiger charge is -2.24. The van der Waals surface area contributed by atoms with E-state index in [0.29, 0.717) is 12.3 Å². The van der Waals surface area contributed by atoms with Crippen LogP contribution in [0.2, 0.25) is 0 Å². The van der Waals surface area contributed by atoms with Gasteiger partial charge in [-0.1, -0.05) is 20.8 Å². The SMILES string of the molecule is CC(C)(C)c1nnnn1CC1CCCS(=O)(=O)C1. The second kappa shape index (κ2) is 4.60. The zero-order valence-corrected chi connectivity index (χ0v) is 11.9. The summed E-state index contributed by atoms with van der Waals surface area (Å²) >= 11 is 0. The molecular formula is C11H20N4O2S. The van der Waals surface area contributed by atoms with Crippen molar-refractivity contribution in [1.82, 2.24) is 20.2 Å². The molecular weight excluding hydrogens is 252 g/mol. The normalized spacial score (nSPS) is 24.1. The molecule has 2 heterocycles. The van der Waals surface area contributed by atoms with Gasteiger partial charge in [0.2, 0.25) is 0 Å². The molecule has 0 N–H and O–H groups in total. The number of rotatable bonds is 2. The summed E-state index contributed by atoms with van der Waals surface area (Å²) in [4.78, 5) is 0. The number of nitrogens with zero attached hydrogens (tertiary/aromatic N) is 4. The Hall–Kier alpha value is -0.980. The number of hydrogen-bond acceptors (Lipinski definition) is 5. The molecule has 1 aromatic rings. The molecule has 6 nitrogen and oxygen atoms in total. The van der Waals surface area contributed by atoms with Crippen LogP contribution in [0.15, 0.2) is 0 Å². The topological polar surface area (TPSA) is 77.7 Å². The van der Waals surface area contributed by atoms with Crippen molar-refractivity contribution in [3.63, 3.8) is 0 Å². The first-order chi connectivity index (χ1) is 8.28. The molecule has 1 unspecified atom stereocenters. The average Bonchev–Trinajstić information content (AvgIpc) is 2.63. The lowest BCUT2D eigenvalue weighted by molar-refractivity contribution is 0.374. The van der Waals surface area contributed by atoms with E-state index in [4.69, 9.17) is 0 Å². The Morgan fingerprint density at radius 2 is 2.11 bits per heavy atom. The first kappa shape index (κ1) is 13.5. The van der Waals surface area contributed by atoms with Crippen LogP contribution in [0.3, 0.4) is 0 Å². The van der Waals surface area contributed by atoms with Gasteiger partial charge < -0.3 is 0 Å². The smallest absolute Gasteiger partial charge is 0.156 e. The van der Waals surface area contributed by atoms with Gasteiger partial charge in [-0.25, -0.2) is 13.1 Å². The predicted molar refractivity (Wildman–Crippen MR) is 67.9 cm³/mol. The van der Waals surface area contributed by atoms with Gasteiger partial charge in [-0.2, -0.15) is 0 Å². The van der Waals surface area contributed by atoms with Gasteiger partial charge in [0.15, 0.2) is 15.7 Å². The van der Waals surface area contributed by atoms with Gasteiger partial charge in [-0.05, 0) is 29.2 Å². The molecule has 0 aromatic carbocycles. The maximum absolute atomic E-state index is 11.6. The summed E-state index contributed by atoms with van der Waals surface area (Å²) in [6.07, 6.45) is 1.68. The Morgan fingerprint density at radius 3 is 2.72 bits per heavy atom. The van der Waals surface area contributed by atoms with Gasteiger partial charge in [0.1, 0.15) is 0 Å². The first-order valence-corrected chi connectivity index (χ1v) is 8.07. The van der Waals surface area contributed by atoms with Gasteiger partial charge in [-0.3, -0.25) is 0 Å². The van der Waals surface area contributed by atoms with Gasteiger partial charge in [0.05, 0.1) is 11.5 Å². The molecule has 0 bridgehead atoms. The fraction of sp³-hybridized carbons (Fsp3) is 0.909. The highest BCUT2D eigenvalue weighted by atomic mass is 32.2. The largest absolute Gasteiger partial charge is 0.229 e. The summed E-state index contributed by atoms with van der Waals surface area (Å²) in [5, 5.41) is 11.7. The van der Waals surface area contributed by atoms with Gasteiger partial charge in [0, 0.05) is 12.0 Å². The Kier molecular flexibility index (Phi) is 3.44. The Morgan fingerprint density at radius 1 is 1.39 bits per heavy atom. The van der Waals surface area contributed by atoms with Crippen molar-refractivity contribution >= 4 is 9.84 Å². The molecule has 1 saturated heterocycles. The van der Waals surface area contributed by atoms with Crippen molar-refractivity contribution in [3.05, 3.63) is 5.82 Å². The summed E-state index contributed by atoms with van der Waals surface area (Å²) in [6, 6.07) is 0. The highest BCUT2D eigenvalue weighted by Crippen LogP contribution is 2.23. The molecule has 0 radical (unpaired) electrons. The minimum absolute atomic E-state index is 0.128. The van der Waals surface area contributed by atoms with Crippen molar-refractivity contribution < 1.29 is 8.42 Å². The minimum atomic E-state index is -2.87. The molecule has 1 aliphatic rings. The minimum Gasteiger partial charge on any atom is -0.229 e. The number of hydrogen-bond donors (Lipinski definition) is 0. The first-order valence-electron chi connectivity index (χ1n) is 6.25.